The van der Waals surface area contributed by atoms with Crippen LogP contribution in [0.2, 0.25) is 0 Å². The molecule has 6 nitrogen and oxygen atoms in total. The van der Waals surface area contributed by atoms with E-state index in [9.17, 15) is 4.79 Å². The molecule has 0 radical (unpaired) electrons. The number of nitrogens with zero attached hydrogens (tertiary/aromatic N) is 3. The second-order valence-electron chi connectivity index (χ2n) is 5.65. The van der Waals surface area contributed by atoms with Crippen molar-refractivity contribution < 1.29 is 4.79 Å². The molecule has 3 rings (SSSR count). The maximum Gasteiger partial charge on any atom is 0.240 e. The molecule has 1 aromatic carbocycles. The largest absolute Gasteiger partial charge is 0.383 e. The predicted molar refractivity (Wildman–Crippen MR) is 93.3 cm³/mol. The van der Waals surface area contributed by atoms with Crippen LogP contribution >= 0.6 is 11.8 Å². The summed E-state index contributed by atoms with van der Waals surface area (Å²) in [5.74, 6) is 0.649. The molecule has 23 heavy (non-hydrogen) atoms. The van der Waals surface area contributed by atoms with Crippen LogP contribution in [0.15, 0.2) is 35.5 Å². The van der Waals surface area contributed by atoms with Crippen LogP contribution in [0.1, 0.15) is 19.4 Å². The Morgan fingerprint density at radius 2 is 1.96 bits per heavy atom. The monoisotopic (exact) mass is 329 g/mol. The van der Waals surface area contributed by atoms with Gasteiger partial charge in [0.05, 0.1) is 5.25 Å². The molecule has 0 spiro atoms. The summed E-state index contributed by atoms with van der Waals surface area (Å²) in [6.07, 6.45) is 0.876. The Kier molecular flexibility index (Phi) is 4.12. The standard InChI is InChI=1S/C16H19N5OS/c1-9-7-11-5-3-4-6-12(11)21(9)15(22)10(2)23-16-19-13(17)8-14(18)20-16/h3-6,8-10H,7H2,1-2H3,(H4,17,18,19,20)/t9-,10-/m1/s1. The molecule has 1 amide bonds. The SMILES string of the molecule is C[C@@H]1Cc2ccccc2N1C(=O)[C@@H](C)Sc1nc(N)cc(N)n1. The lowest BCUT2D eigenvalue weighted by atomic mass is 10.1. The molecule has 0 saturated heterocycles. The number of para-hydroxylation sites is 1. The fourth-order valence-corrected chi connectivity index (χ4v) is 3.67. The minimum absolute atomic E-state index is 0.0389. The minimum Gasteiger partial charge on any atom is -0.383 e. The van der Waals surface area contributed by atoms with Gasteiger partial charge in [-0.2, -0.15) is 0 Å². The van der Waals surface area contributed by atoms with Gasteiger partial charge < -0.3 is 16.4 Å². The zero-order valence-corrected chi connectivity index (χ0v) is 13.9. The number of fused-ring (bicyclic) bond motifs is 1. The highest BCUT2D eigenvalue weighted by atomic mass is 32.2. The minimum atomic E-state index is -0.329. The van der Waals surface area contributed by atoms with Gasteiger partial charge in [-0.3, -0.25) is 4.79 Å². The zero-order valence-electron chi connectivity index (χ0n) is 13.1. The lowest BCUT2D eigenvalue weighted by molar-refractivity contribution is -0.118. The number of carbonyl (C=O) groups excluding carboxylic acids is 1. The Bertz CT molecular complexity index is 731. The van der Waals surface area contributed by atoms with E-state index in [4.69, 9.17) is 11.5 Å². The molecule has 4 N–H and O–H groups in total. The number of hydrogen-bond donors (Lipinski definition) is 2. The van der Waals surface area contributed by atoms with Crippen LogP contribution < -0.4 is 16.4 Å². The van der Waals surface area contributed by atoms with Gasteiger partial charge in [0.1, 0.15) is 11.6 Å². The number of aromatic nitrogens is 2. The van der Waals surface area contributed by atoms with E-state index in [1.54, 1.807) is 0 Å². The number of hydrogen-bond acceptors (Lipinski definition) is 6. The Hall–Kier alpha value is -2.28. The third kappa shape index (κ3) is 3.10. The van der Waals surface area contributed by atoms with E-state index in [0.29, 0.717) is 16.8 Å². The summed E-state index contributed by atoms with van der Waals surface area (Å²) < 4.78 is 0. The first kappa shape index (κ1) is 15.6. The number of thioether (sulfide) groups is 1. The van der Waals surface area contributed by atoms with Gasteiger partial charge in [0.25, 0.3) is 0 Å². The molecule has 0 fully saturated rings. The van der Waals surface area contributed by atoms with Crippen molar-refractivity contribution in [1.29, 1.82) is 0 Å². The van der Waals surface area contributed by atoms with Crippen molar-refractivity contribution in [1.82, 2.24) is 9.97 Å². The first-order chi connectivity index (χ1) is 11.0. The fraction of sp³-hybridized carbons (Fsp3) is 0.312. The molecule has 0 bridgehead atoms. The molecule has 120 valence electrons. The van der Waals surface area contributed by atoms with Crippen molar-refractivity contribution in [3.8, 4) is 0 Å². The number of benzene rings is 1. The summed E-state index contributed by atoms with van der Waals surface area (Å²) in [6, 6.07) is 9.66. The lowest BCUT2D eigenvalue weighted by Crippen LogP contribution is -2.40. The lowest BCUT2D eigenvalue weighted by Gasteiger charge is -2.25. The van der Waals surface area contributed by atoms with Crippen LogP contribution in [0.4, 0.5) is 17.3 Å². The van der Waals surface area contributed by atoms with E-state index in [2.05, 4.69) is 23.0 Å². The van der Waals surface area contributed by atoms with Gasteiger partial charge in [-0.1, -0.05) is 30.0 Å². The Labute approximate surface area is 139 Å². The first-order valence-corrected chi connectivity index (χ1v) is 8.31. The summed E-state index contributed by atoms with van der Waals surface area (Å²) in [6.45, 7) is 3.91. The van der Waals surface area contributed by atoms with Crippen LogP contribution in [0.25, 0.3) is 0 Å². The molecule has 2 heterocycles. The van der Waals surface area contributed by atoms with Crippen molar-refractivity contribution >= 4 is 35.0 Å². The summed E-state index contributed by atoms with van der Waals surface area (Å²) in [5, 5.41) is 0.0910. The molecule has 1 aromatic heterocycles. The number of nitrogens with two attached hydrogens (primary N) is 2. The molecule has 0 unspecified atom stereocenters. The smallest absolute Gasteiger partial charge is 0.240 e. The molecule has 2 aromatic rings. The van der Waals surface area contributed by atoms with Crippen LogP contribution in [-0.2, 0) is 11.2 Å². The van der Waals surface area contributed by atoms with Crippen molar-refractivity contribution in [2.45, 2.75) is 36.7 Å². The Morgan fingerprint density at radius 3 is 2.65 bits per heavy atom. The van der Waals surface area contributed by atoms with Gasteiger partial charge in [-0.15, -0.1) is 0 Å². The Balaban J connectivity index is 1.80. The van der Waals surface area contributed by atoms with Gasteiger partial charge in [0.15, 0.2) is 5.16 Å². The molecular formula is C16H19N5OS. The van der Waals surface area contributed by atoms with Crippen molar-refractivity contribution in [3.05, 3.63) is 35.9 Å². The number of amides is 1. The molecule has 7 heteroatoms. The normalized spacial score (nSPS) is 17.8. The highest BCUT2D eigenvalue weighted by molar-refractivity contribution is 8.00. The Morgan fingerprint density at radius 1 is 1.30 bits per heavy atom. The third-order valence-corrected chi connectivity index (χ3v) is 4.77. The van der Waals surface area contributed by atoms with Crippen molar-refractivity contribution in [2.24, 2.45) is 0 Å². The van der Waals surface area contributed by atoms with E-state index in [-0.39, 0.29) is 17.2 Å². The number of rotatable bonds is 3. The molecule has 0 saturated carbocycles. The average molecular weight is 329 g/mol. The zero-order chi connectivity index (χ0) is 16.6. The van der Waals surface area contributed by atoms with Gasteiger partial charge in [-0.25, -0.2) is 9.97 Å². The summed E-state index contributed by atoms with van der Waals surface area (Å²) in [7, 11) is 0. The molecule has 1 aliphatic heterocycles. The van der Waals surface area contributed by atoms with Crippen molar-refractivity contribution in [2.75, 3.05) is 16.4 Å². The summed E-state index contributed by atoms with van der Waals surface area (Å²) in [4.78, 5) is 23.0. The van der Waals surface area contributed by atoms with E-state index in [1.165, 1.54) is 23.4 Å². The van der Waals surface area contributed by atoms with Gasteiger partial charge in [0.2, 0.25) is 5.91 Å². The number of carbonyl (C=O) groups is 1. The van der Waals surface area contributed by atoms with E-state index in [1.807, 2.05) is 30.0 Å². The maximum atomic E-state index is 12.9. The number of nitrogen functional groups attached to an aromatic ring is 2. The van der Waals surface area contributed by atoms with E-state index >= 15 is 0 Å². The van der Waals surface area contributed by atoms with E-state index in [0.717, 1.165) is 12.1 Å². The highest BCUT2D eigenvalue weighted by Gasteiger charge is 2.33. The van der Waals surface area contributed by atoms with Crippen molar-refractivity contribution in [3.63, 3.8) is 0 Å². The predicted octanol–water partition coefficient (Wildman–Crippen LogP) is 2.10. The molecule has 2 atom stereocenters. The second kappa shape index (κ2) is 6.08. The number of anilines is 3. The highest BCUT2D eigenvalue weighted by Crippen LogP contribution is 2.34. The second-order valence-corrected chi connectivity index (χ2v) is 6.96. The fourth-order valence-electron chi connectivity index (χ4n) is 2.82. The summed E-state index contributed by atoms with van der Waals surface area (Å²) in [5.41, 5.74) is 13.6. The van der Waals surface area contributed by atoms with Gasteiger partial charge >= 0.3 is 0 Å². The summed E-state index contributed by atoms with van der Waals surface area (Å²) >= 11 is 1.27. The van der Waals surface area contributed by atoms with Crippen LogP contribution in [-0.4, -0.2) is 27.2 Å². The quantitative estimate of drug-likeness (QED) is 0.661. The first-order valence-electron chi connectivity index (χ1n) is 7.43. The average Bonchev–Trinajstić information content (AvgIpc) is 2.81. The molecular weight excluding hydrogens is 310 g/mol. The molecule has 1 aliphatic rings. The van der Waals surface area contributed by atoms with Gasteiger partial charge in [0, 0.05) is 17.8 Å². The van der Waals surface area contributed by atoms with Crippen LogP contribution in [0.5, 0.6) is 0 Å². The third-order valence-electron chi connectivity index (χ3n) is 3.82. The van der Waals surface area contributed by atoms with Gasteiger partial charge in [-0.05, 0) is 31.9 Å². The van der Waals surface area contributed by atoms with Crippen LogP contribution in [0, 0.1) is 0 Å². The van der Waals surface area contributed by atoms with Crippen LogP contribution in [0.3, 0.4) is 0 Å². The topological polar surface area (TPSA) is 98.1 Å². The molecule has 0 aliphatic carbocycles. The maximum absolute atomic E-state index is 12.9. The van der Waals surface area contributed by atoms with E-state index < -0.39 is 0 Å².